The molecule has 0 N–H and O–H groups in total. The largest absolute Gasteiger partial charge is 0.336 e. The average molecular weight is 403 g/mol. The Morgan fingerprint density at radius 1 is 1.13 bits per heavy atom. The molecule has 1 aliphatic carbocycles. The van der Waals surface area contributed by atoms with E-state index in [2.05, 4.69) is 34.3 Å². The molecule has 1 atom stereocenters. The van der Waals surface area contributed by atoms with Gasteiger partial charge in [0.25, 0.3) is 5.91 Å². The van der Waals surface area contributed by atoms with E-state index in [-0.39, 0.29) is 5.91 Å². The molecule has 2 aromatic heterocycles. The van der Waals surface area contributed by atoms with Crippen LogP contribution >= 0.6 is 0 Å². The van der Waals surface area contributed by atoms with Crippen molar-refractivity contribution >= 4 is 5.91 Å². The summed E-state index contributed by atoms with van der Waals surface area (Å²) in [6.45, 7) is 0.598. The van der Waals surface area contributed by atoms with E-state index in [4.69, 9.17) is 0 Å². The minimum atomic E-state index is 0.0214. The molecule has 1 aliphatic rings. The number of aryl methyl sites for hydroxylation is 2. The zero-order valence-corrected chi connectivity index (χ0v) is 17.9. The summed E-state index contributed by atoms with van der Waals surface area (Å²) in [6.07, 6.45) is 10.3. The first-order chi connectivity index (χ1) is 14.6. The molecule has 0 aliphatic heterocycles. The van der Waals surface area contributed by atoms with Gasteiger partial charge in [0.15, 0.2) is 5.69 Å². The molecule has 0 bridgehead atoms. The highest BCUT2D eigenvalue weighted by atomic mass is 16.2. The molecule has 1 amide bonds. The summed E-state index contributed by atoms with van der Waals surface area (Å²) in [4.78, 5) is 19.1. The quantitative estimate of drug-likeness (QED) is 0.595. The lowest BCUT2D eigenvalue weighted by molar-refractivity contribution is 0.0777. The standard InChI is InChI=1S/C25H30N4O/c1-28(18-21-7-4-3-5-8-21)25(30)24-22-17-20(11-12-23(22)29(2)27-24)10-6-9-19-13-15-26-16-14-19/h3-5,7-8,13-16,20H,6,9-12,17-18H2,1-2H3. The molecule has 156 valence electrons. The number of rotatable bonds is 7. The lowest BCUT2D eigenvalue weighted by Gasteiger charge is -2.24. The maximum absolute atomic E-state index is 13.2. The second-order valence-electron chi connectivity index (χ2n) is 8.40. The van der Waals surface area contributed by atoms with E-state index in [0.717, 1.165) is 24.8 Å². The number of pyridine rings is 1. The van der Waals surface area contributed by atoms with E-state index in [1.165, 1.54) is 36.1 Å². The molecule has 5 heteroatoms. The van der Waals surface area contributed by atoms with Gasteiger partial charge in [0, 0.05) is 44.3 Å². The summed E-state index contributed by atoms with van der Waals surface area (Å²) in [7, 11) is 3.84. The number of nitrogens with zero attached hydrogens (tertiary/aromatic N) is 4. The minimum absolute atomic E-state index is 0.0214. The van der Waals surface area contributed by atoms with Gasteiger partial charge in [0.1, 0.15) is 0 Å². The number of carbonyl (C=O) groups excluding carboxylic acids is 1. The van der Waals surface area contributed by atoms with E-state index in [0.29, 0.717) is 18.2 Å². The Labute approximate surface area is 178 Å². The predicted octanol–water partition coefficient (Wildman–Crippen LogP) is 4.22. The summed E-state index contributed by atoms with van der Waals surface area (Å²) in [5.74, 6) is 0.641. The molecule has 5 nitrogen and oxygen atoms in total. The smallest absolute Gasteiger partial charge is 0.274 e. The maximum atomic E-state index is 13.2. The Kier molecular flexibility index (Phi) is 6.26. The van der Waals surface area contributed by atoms with Crippen LogP contribution in [-0.4, -0.2) is 32.6 Å². The number of hydrogen-bond donors (Lipinski definition) is 0. The van der Waals surface area contributed by atoms with E-state index >= 15 is 0 Å². The van der Waals surface area contributed by atoms with Gasteiger partial charge in [0.2, 0.25) is 0 Å². The monoisotopic (exact) mass is 402 g/mol. The molecule has 3 aromatic rings. The molecule has 1 unspecified atom stereocenters. The first-order valence-electron chi connectivity index (χ1n) is 10.8. The molecular formula is C25H30N4O. The van der Waals surface area contributed by atoms with Crippen molar-refractivity contribution in [1.29, 1.82) is 0 Å². The lowest BCUT2D eigenvalue weighted by Crippen LogP contribution is -2.28. The Balaban J connectivity index is 1.41. The Morgan fingerprint density at radius 3 is 2.67 bits per heavy atom. The van der Waals surface area contributed by atoms with Crippen molar-refractivity contribution in [2.75, 3.05) is 7.05 Å². The number of fused-ring (bicyclic) bond motifs is 1. The van der Waals surface area contributed by atoms with Crippen LogP contribution in [0.4, 0.5) is 0 Å². The van der Waals surface area contributed by atoms with Gasteiger partial charge in [-0.25, -0.2) is 0 Å². The molecular weight excluding hydrogens is 372 g/mol. The average Bonchev–Trinajstić information content (AvgIpc) is 3.10. The maximum Gasteiger partial charge on any atom is 0.274 e. The Hall–Kier alpha value is -2.95. The predicted molar refractivity (Wildman–Crippen MR) is 118 cm³/mol. The second kappa shape index (κ2) is 9.24. The fraction of sp³-hybridized carbons (Fsp3) is 0.400. The molecule has 0 saturated heterocycles. The van der Waals surface area contributed by atoms with Crippen LogP contribution in [0.5, 0.6) is 0 Å². The molecule has 0 saturated carbocycles. The van der Waals surface area contributed by atoms with Crippen LogP contribution in [0.3, 0.4) is 0 Å². The molecule has 0 fully saturated rings. The Morgan fingerprint density at radius 2 is 1.90 bits per heavy atom. The van der Waals surface area contributed by atoms with Gasteiger partial charge in [-0.1, -0.05) is 30.3 Å². The van der Waals surface area contributed by atoms with Crippen LogP contribution in [0, 0.1) is 5.92 Å². The van der Waals surface area contributed by atoms with E-state index in [1.807, 2.05) is 49.4 Å². The van der Waals surface area contributed by atoms with Crippen LogP contribution in [-0.2, 0) is 32.9 Å². The molecule has 1 aromatic carbocycles. The van der Waals surface area contributed by atoms with Crippen molar-refractivity contribution in [3.8, 4) is 0 Å². The van der Waals surface area contributed by atoms with Crippen molar-refractivity contribution in [2.45, 2.75) is 45.1 Å². The van der Waals surface area contributed by atoms with Gasteiger partial charge in [-0.05, 0) is 67.7 Å². The number of aromatic nitrogens is 3. The van der Waals surface area contributed by atoms with Gasteiger partial charge < -0.3 is 4.90 Å². The normalized spacial score (nSPS) is 15.6. The van der Waals surface area contributed by atoms with Gasteiger partial charge in [0.05, 0.1) is 0 Å². The third-order valence-electron chi connectivity index (χ3n) is 6.20. The van der Waals surface area contributed by atoms with E-state index in [9.17, 15) is 4.79 Å². The number of carbonyl (C=O) groups is 1. The molecule has 0 spiro atoms. The summed E-state index contributed by atoms with van der Waals surface area (Å²) >= 11 is 0. The number of benzene rings is 1. The number of amides is 1. The molecule has 4 rings (SSSR count). The molecule has 2 heterocycles. The zero-order valence-electron chi connectivity index (χ0n) is 17.9. The summed E-state index contributed by atoms with van der Waals surface area (Å²) < 4.78 is 1.92. The fourth-order valence-corrected chi connectivity index (χ4v) is 4.53. The third kappa shape index (κ3) is 4.61. The summed E-state index contributed by atoms with van der Waals surface area (Å²) in [5.41, 5.74) is 5.53. The molecule has 30 heavy (non-hydrogen) atoms. The van der Waals surface area contributed by atoms with Crippen LogP contribution < -0.4 is 0 Å². The highest BCUT2D eigenvalue weighted by Gasteiger charge is 2.29. The SMILES string of the molecule is CN(Cc1ccccc1)C(=O)c1nn(C)c2c1CC(CCCc1ccncc1)CC2. The second-order valence-corrected chi connectivity index (χ2v) is 8.40. The number of hydrogen-bond acceptors (Lipinski definition) is 3. The Bertz CT molecular complexity index is 981. The zero-order chi connectivity index (χ0) is 20.9. The van der Waals surface area contributed by atoms with Crippen LogP contribution in [0.1, 0.15) is 52.1 Å². The highest BCUT2D eigenvalue weighted by molar-refractivity contribution is 5.94. The van der Waals surface area contributed by atoms with Crippen molar-refractivity contribution in [3.63, 3.8) is 0 Å². The first-order valence-corrected chi connectivity index (χ1v) is 10.8. The highest BCUT2D eigenvalue weighted by Crippen LogP contribution is 2.31. The minimum Gasteiger partial charge on any atom is -0.336 e. The van der Waals surface area contributed by atoms with E-state index < -0.39 is 0 Å². The van der Waals surface area contributed by atoms with Crippen molar-refractivity contribution in [3.05, 3.63) is 82.9 Å². The van der Waals surface area contributed by atoms with Gasteiger partial charge in [-0.15, -0.1) is 0 Å². The van der Waals surface area contributed by atoms with Crippen molar-refractivity contribution in [2.24, 2.45) is 13.0 Å². The van der Waals surface area contributed by atoms with Gasteiger partial charge in [-0.3, -0.25) is 14.5 Å². The van der Waals surface area contributed by atoms with Gasteiger partial charge >= 0.3 is 0 Å². The first kappa shape index (κ1) is 20.3. The van der Waals surface area contributed by atoms with Gasteiger partial charge in [-0.2, -0.15) is 5.10 Å². The fourth-order valence-electron chi connectivity index (χ4n) is 4.53. The lowest BCUT2D eigenvalue weighted by atomic mass is 9.83. The van der Waals surface area contributed by atoms with Crippen molar-refractivity contribution in [1.82, 2.24) is 19.7 Å². The summed E-state index contributed by atoms with van der Waals surface area (Å²) in [5, 5.41) is 4.64. The molecule has 0 radical (unpaired) electrons. The van der Waals surface area contributed by atoms with Crippen LogP contribution in [0.15, 0.2) is 54.9 Å². The topological polar surface area (TPSA) is 51.0 Å². The van der Waals surface area contributed by atoms with E-state index in [1.54, 1.807) is 4.90 Å². The summed E-state index contributed by atoms with van der Waals surface area (Å²) in [6, 6.07) is 14.3. The van der Waals surface area contributed by atoms with Crippen LogP contribution in [0.2, 0.25) is 0 Å². The van der Waals surface area contributed by atoms with Crippen LogP contribution in [0.25, 0.3) is 0 Å². The van der Waals surface area contributed by atoms with Crippen molar-refractivity contribution < 1.29 is 4.79 Å². The third-order valence-corrected chi connectivity index (χ3v) is 6.20.